The Morgan fingerprint density at radius 2 is 1.78 bits per heavy atom. The van der Waals surface area contributed by atoms with Crippen molar-refractivity contribution in [3.8, 4) is 0 Å². The molecule has 0 aliphatic carbocycles. The van der Waals surface area contributed by atoms with Crippen LogP contribution in [0.4, 0.5) is 0 Å². The van der Waals surface area contributed by atoms with E-state index in [4.69, 9.17) is 0 Å². The van der Waals surface area contributed by atoms with Crippen molar-refractivity contribution < 1.29 is 14.4 Å². The number of carbonyl (C=O) groups is 3. The van der Waals surface area contributed by atoms with E-state index in [9.17, 15) is 14.4 Å². The van der Waals surface area contributed by atoms with Gasteiger partial charge in [-0.3, -0.25) is 14.4 Å². The molecular formula is C17H24N2O3S. The molecule has 0 aromatic heterocycles. The Morgan fingerprint density at radius 1 is 1.13 bits per heavy atom. The monoisotopic (exact) mass is 336 g/mol. The molecule has 0 saturated carbocycles. The summed E-state index contributed by atoms with van der Waals surface area (Å²) >= 11 is 1.02. The fourth-order valence-corrected chi connectivity index (χ4v) is 3.13. The number of hydrogen-bond donors (Lipinski definition) is 2. The quantitative estimate of drug-likeness (QED) is 0.760. The molecule has 1 aromatic rings. The van der Waals surface area contributed by atoms with Crippen molar-refractivity contribution >= 4 is 28.7 Å². The van der Waals surface area contributed by atoms with Crippen molar-refractivity contribution in [2.24, 2.45) is 0 Å². The van der Waals surface area contributed by atoms with Gasteiger partial charge in [-0.05, 0) is 12.0 Å². The van der Waals surface area contributed by atoms with E-state index in [1.165, 1.54) is 6.92 Å². The first-order valence-corrected chi connectivity index (χ1v) is 8.59. The summed E-state index contributed by atoms with van der Waals surface area (Å²) in [5.74, 6) is -0.512. The minimum Gasteiger partial charge on any atom is -0.357 e. The van der Waals surface area contributed by atoms with Gasteiger partial charge in [-0.2, -0.15) is 0 Å². The van der Waals surface area contributed by atoms with E-state index in [1.54, 1.807) is 7.05 Å². The summed E-state index contributed by atoms with van der Waals surface area (Å²) in [6.07, 6.45) is 1.80. The molecule has 2 atom stereocenters. The zero-order chi connectivity index (χ0) is 17.2. The Balaban J connectivity index is 2.80. The number of rotatable bonds is 8. The Hall–Kier alpha value is -1.82. The molecule has 2 unspecified atom stereocenters. The smallest absolute Gasteiger partial charge is 0.242 e. The number of thioether (sulfide) groups is 1. The highest BCUT2D eigenvalue weighted by Crippen LogP contribution is 2.18. The van der Waals surface area contributed by atoms with Crippen LogP contribution in [0.15, 0.2) is 30.3 Å². The van der Waals surface area contributed by atoms with E-state index in [0.717, 1.165) is 23.7 Å². The fourth-order valence-electron chi connectivity index (χ4n) is 2.20. The third kappa shape index (κ3) is 6.86. The molecule has 126 valence electrons. The van der Waals surface area contributed by atoms with E-state index in [1.807, 2.05) is 37.3 Å². The first-order valence-electron chi connectivity index (χ1n) is 7.71. The second kappa shape index (κ2) is 10.0. The molecule has 2 amide bonds. The number of nitrogens with one attached hydrogen (secondary N) is 2. The number of benzene rings is 1. The molecule has 1 rings (SSSR count). The van der Waals surface area contributed by atoms with Crippen LogP contribution < -0.4 is 10.6 Å². The van der Waals surface area contributed by atoms with Crippen LogP contribution in [0.1, 0.15) is 32.3 Å². The van der Waals surface area contributed by atoms with Gasteiger partial charge in [-0.1, -0.05) is 55.4 Å². The number of likely N-dealkylation sites (N-methyl/N-ethyl adjacent to an activating group) is 1. The third-order valence-corrected chi connectivity index (χ3v) is 4.38. The third-order valence-electron chi connectivity index (χ3n) is 3.31. The molecule has 0 spiro atoms. The van der Waals surface area contributed by atoms with Gasteiger partial charge in [0.05, 0.1) is 5.25 Å². The molecule has 0 radical (unpaired) electrons. The SMILES string of the molecule is CCCC(SC(C)=O)C(=O)NC(Cc1ccccc1)C(=O)NC. The summed E-state index contributed by atoms with van der Waals surface area (Å²) in [6.45, 7) is 3.40. The van der Waals surface area contributed by atoms with E-state index < -0.39 is 11.3 Å². The Labute approximate surface area is 141 Å². The predicted octanol–water partition coefficient (Wildman–Crippen LogP) is 1.91. The average Bonchev–Trinajstić information content (AvgIpc) is 2.53. The maximum absolute atomic E-state index is 12.4. The molecule has 2 N–H and O–H groups in total. The van der Waals surface area contributed by atoms with Crippen molar-refractivity contribution in [3.05, 3.63) is 35.9 Å². The minimum atomic E-state index is -0.651. The molecule has 0 saturated heterocycles. The first kappa shape index (κ1) is 19.2. The van der Waals surface area contributed by atoms with Crippen LogP contribution in [0.2, 0.25) is 0 Å². The maximum Gasteiger partial charge on any atom is 0.242 e. The number of amides is 2. The Morgan fingerprint density at radius 3 is 2.30 bits per heavy atom. The Kier molecular flexibility index (Phi) is 8.40. The van der Waals surface area contributed by atoms with Gasteiger partial charge >= 0.3 is 0 Å². The van der Waals surface area contributed by atoms with Crippen molar-refractivity contribution in [2.75, 3.05) is 7.05 Å². The highest BCUT2D eigenvalue weighted by molar-refractivity contribution is 8.14. The lowest BCUT2D eigenvalue weighted by Gasteiger charge is -2.21. The molecule has 1 aromatic carbocycles. The predicted molar refractivity (Wildman–Crippen MR) is 93.1 cm³/mol. The summed E-state index contributed by atoms with van der Waals surface area (Å²) in [5.41, 5.74) is 0.965. The lowest BCUT2D eigenvalue weighted by atomic mass is 10.0. The zero-order valence-electron chi connectivity index (χ0n) is 13.8. The van der Waals surface area contributed by atoms with Crippen LogP contribution in [0, 0.1) is 0 Å². The molecule has 23 heavy (non-hydrogen) atoms. The van der Waals surface area contributed by atoms with Crippen molar-refractivity contribution in [1.29, 1.82) is 0 Å². The van der Waals surface area contributed by atoms with Crippen LogP contribution in [0.25, 0.3) is 0 Å². The van der Waals surface area contributed by atoms with Gasteiger partial charge in [-0.25, -0.2) is 0 Å². The zero-order valence-corrected chi connectivity index (χ0v) is 14.6. The van der Waals surface area contributed by atoms with Gasteiger partial charge < -0.3 is 10.6 Å². The lowest BCUT2D eigenvalue weighted by Crippen LogP contribution is -2.49. The van der Waals surface area contributed by atoms with E-state index in [0.29, 0.717) is 12.8 Å². The van der Waals surface area contributed by atoms with E-state index in [-0.39, 0.29) is 16.9 Å². The van der Waals surface area contributed by atoms with Crippen LogP contribution in [-0.4, -0.2) is 35.3 Å². The molecule has 0 aliphatic heterocycles. The fraction of sp³-hybridized carbons (Fsp3) is 0.471. The van der Waals surface area contributed by atoms with Crippen LogP contribution >= 0.6 is 11.8 Å². The standard InChI is InChI=1S/C17H24N2O3S/c1-4-8-15(23-12(2)20)17(22)19-14(16(21)18-3)11-13-9-6-5-7-10-13/h5-7,9-10,14-15H,4,8,11H2,1-3H3,(H,18,21)(H,19,22). The number of hydrogen-bond acceptors (Lipinski definition) is 4. The van der Waals surface area contributed by atoms with Gasteiger partial charge in [0.2, 0.25) is 11.8 Å². The largest absolute Gasteiger partial charge is 0.357 e. The number of carbonyl (C=O) groups excluding carboxylic acids is 3. The van der Waals surface area contributed by atoms with Gasteiger partial charge in [0.15, 0.2) is 5.12 Å². The van der Waals surface area contributed by atoms with Crippen LogP contribution in [0.3, 0.4) is 0 Å². The highest BCUT2D eigenvalue weighted by atomic mass is 32.2. The first-order chi connectivity index (χ1) is 11.0. The minimum absolute atomic E-state index is 0.0989. The second-order valence-electron chi connectivity index (χ2n) is 5.25. The molecule has 0 aliphatic rings. The summed E-state index contributed by atoms with van der Waals surface area (Å²) in [7, 11) is 1.54. The summed E-state index contributed by atoms with van der Waals surface area (Å²) in [6, 6.07) is 8.86. The second-order valence-corrected chi connectivity index (χ2v) is 6.63. The molecular weight excluding hydrogens is 312 g/mol. The molecule has 6 heteroatoms. The maximum atomic E-state index is 12.4. The summed E-state index contributed by atoms with van der Waals surface area (Å²) in [5, 5.41) is 4.80. The highest BCUT2D eigenvalue weighted by Gasteiger charge is 2.26. The van der Waals surface area contributed by atoms with Crippen molar-refractivity contribution in [1.82, 2.24) is 10.6 Å². The normalized spacial score (nSPS) is 13.0. The van der Waals surface area contributed by atoms with Gasteiger partial charge in [0.1, 0.15) is 6.04 Å². The van der Waals surface area contributed by atoms with Crippen LogP contribution in [-0.2, 0) is 20.8 Å². The van der Waals surface area contributed by atoms with Gasteiger partial charge in [-0.15, -0.1) is 0 Å². The molecule has 0 fully saturated rings. The Bertz CT molecular complexity index is 534. The van der Waals surface area contributed by atoms with Gasteiger partial charge in [0, 0.05) is 20.4 Å². The van der Waals surface area contributed by atoms with Crippen molar-refractivity contribution in [2.45, 2.75) is 44.4 Å². The molecule has 0 heterocycles. The van der Waals surface area contributed by atoms with Crippen molar-refractivity contribution in [3.63, 3.8) is 0 Å². The van der Waals surface area contributed by atoms with E-state index >= 15 is 0 Å². The summed E-state index contributed by atoms with van der Waals surface area (Å²) < 4.78 is 0. The average molecular weight is 336 g/mol. The van der Waals surface area contributed by atoms with Gasteiger partial charge in [0.25, 0.3) is 0 Å². The summed E-state index contributed by atoms with van der Waals surface area (Å²) in [4.78, 5) is 35.8. The molecule has 5 nitrogen and oxygen atoms in total. The lowest BCUT2D eigenvalue weighted by molar-refractivity contribution is -0.128. The molecule has 0 bridgehead atoms. The van der Waals surface area contributed by atoms with Crippen LogP contribution in [0.5, 0.6) is 0 Å². The topological polar surface area (TPSA) is 75.3 Å². The van der Waals surface area contributed by atoms with E-state index in [2.05, 4.69) is 10.6 Å².